The molecule has 0 bridgehead atoms. The van der Waals surface area contributed by atoms with Gasteiger partial charge in [-0.2, -0.15) is 0 Å². The number of aliphatic hydroxyl groups is 1. The molecule has 60 valence electrons. The Bertz CT molecular complexity index is 113. The Morgan fingerprint density at radius 2 is 2.27 bits per heavy atom. The van der Waals surface area contributed by atoms with Crippen molar-refractivity contribution in [1.82, 2.24) is 0 Å². The Morgan fingerprint density at radius 3 is 2.55 bits per heavy atom. The molecule has 0 aliphatic carbocycles. The second-order valence-electron chi connectivity index (χ2n) is 2.71. The van der Waals surface area contributed by atoms with Crippen LogP contribution < -0.4 is 0 Å². The maximum atomic E-state index is 8.73. The molecule has 0 aromatic carbocycles. The van der Waals surface area contributed by atoms with Crippen LogP contribution in [0.4, 0.5) is 0 Å². The quantitative estimate of drug-likeness (QED) is 0.544. The minimum Gasteiger partial charge on any atom is -0.416 e. The van der Waals surface area contributed by atoms with Crippen molar-refractivity contribution in [2.45, 2.75) is 25.9 Å². The van der Waals surface area contributed by atoms with Crippen molar-refractivity contribution >= 4 is 7.28 Å². The number of ether oxygens (including phenoxy) is 1. The van der Waals surface area contributed by atoms with E-state index in [1.165, 1.54) is 0 Å². The van der Waals surface area contributed by atoms with Crippen molar-refractivity contribution in [1.29, 1.82) is 0 Å². The molecule has 0 aromatic heterocycles. The molecule has 1 fully saturated rings. The fraction of sp³-hybridized carbons (Fsp3) is 0.857. The molecule has 1 unspecified atom stereocenters. The van der Waals surface area contributed by atoms with Crippen LogP contribution in [0.15, 0.2) is 0 Å². The topological polar surface area (TPSA) is 29.5 Å². The van der Waals surface area contributed by atoms with Gasteiger partial charge in [0.1, 0.15) is 7.28 Å². The van der Waals surface area contributed by atoms with Gasteiger partial charge in [0, 0.05) is 39.3 Å². The average Bonchev–Trinajstić information content (AvgIpc) is 2.30. The number of hydrogen-bond donors (Lipinski definition) is 1. The molecule has 1 aliphatic rings. The Labute approximate surface area is 94.2 Å². The van der Waals surface area contributed by atoms with Gasteiger partial charge in [0.15, 0.2) is 0 Å². The van der Waals surface area contributed by atoms with Crippen LogP contribution >= 0.6 is 0 Å². The minimum atomic E-state index is -0.0452. The van der Waals surface area contributed by atoms with Gasteiger partial charge in [0.05, 0.1) is 0 Å². The number of aliphatic hydroxyl groups excluding tert-OH is 1. The van der Waals surface area contributed by atoms with Gasteiger partial charge in [-0.25, -0.2) is 0 Å². The van der Waals surface area contributed by atoms with E-state index in [0.717, 1.165) is 0 Å². The number of hydrogen-bond acceptors (Lipinski definition) is 2. The van der Waals surface area contributed by atoms with Crippen LogP contribution in [0.2, 0.25) is 6.82 Å². The van der Waals surface area contributed by atoms with Gasteiger partial charge in [-0.05, 0) is 12.1 Å². The molecule has 1 N–H and O–H groups in total. The zero-order valence-electron chi connectivity index (χ0n) is 7.03. The van der Waals surface area contributed by atoms with Crippen LogP contribution in [0.1, 0.15) is 6.92 Å². The van der Waals surface area contributed by atoms with E-state index in [-0.39, 0.29) is 51.4 Å². The molecule has 1 saturated heterocycles. The standard InChI is InChI=1S/C7H13BO2.Y/c1-5-3-6(4-9)10-7(5)8-2;/h3,5-7,9H,4H2,1-2H3;/q-1;/t5?,6-,7+;/m0./s1. The van der Waals surface area contributed by atoms with Crippen molar-refractivity contribution in [3.63, 3.8) is 0 Å². The molecule has 0 amide bonds. The first-order valence-electron chi connectivity index (χ1n) is 3.68. The summed E-state index contributed by atoms with van der Waals surface area (Å²) in [5, 5.41) is 8.73. The van der Waals surface area contributed by atoms with E-state index in [1.807, 2.05) is 20.5 Å². The maximum absolute atomic E-state index is 8.73. The van der Waals surface area contributed by atoms with Gasteiger partial charge in [0.2, 0.25) is 0 Å². The van der Waals surface area contributed by atoms with E-state index in [9.17, 15) is 0 Å². The predicted octanol–water partition coefficient (Wildman–Crippen LogP) is 0.294. The normalized spacial score (nSPS) is 36.5. The fourth-order valence-corrected chi connectivity index (χ4v) is 1.31. The smallest absolute Gasteiger partial charge is 0.142 e. The fourth-order valence-electron chi connectivity index (χ4n) is 1.31. The third-order valence-corrected chi connectivity index (χ3v) is 1.88. The third kappa shape index (κ3) is 3.14. The molecular weight excluding hydrogens is 216 g/mol. The summed E-state index contributed by atoms with van der Waals surface area (Å²) in [7, 11) is 2.02. The Balaban J connectivity index is 0.000001000. The summed E-state index contributed by atoms with van der Waals surface area (Å²) in [6, 6.07) is 0.206. The van der Waals surface area contributed by atoms with Crippen LogP contribution in [0.25, 0.3) is 0 Å². The van der Waals surface area contributed by atoms with E-state index in [2.05, 4.69) is 6.92 Å². The van der Waals surface area contributed by atoms with E-state index in [0.29, 0.717) is 5.92 Å². The van der Waals surface area contributed by atoms with Crippen molar-refractivity contribution in [3.05, 3.63) is 6.42 Å². The summed E-state index contributed by atoms with van der Waals surface area (Å²) in [5.74, 6) is 0.446. The molecule has 2 radical (unpaired) electrons. The van der Waals surface area contributed by atoms with E-state index in [1.54, 1.807) is 0 Å². The molecule has 1 heterocycles. The summed E-state index contributed by atoms with van der Waals surface area (Å²) < 4.78 is 5.41. The summed E-state index contributed by atoms with van der Waals surface area (Å²) in [5.41, 5.74) is 0. The predicted molar refractivity (Wildman–Crippen MR) is 40.8 cm³/mol. The molecule has 1 aliphatic heterocycles. The zero-order valence-corrected chi connectivity index (χ0v) is 9.86. The first kappa shape index (κ1) is 12.1. The van der Waals surface area contributed by atoms with E-state index in [4.69, 9.17) is 9.84 Å². The summed E-state index contributed by atoms with van der Waals surface area (Å²) in [6.07, 6.45) is 2.00. The van der Waals surface area contributed by atoms with Crippen molar-refractivity contribution in [3.8, 4) is 0 Å². The van der Waals surface area contributed by atoms with E-state index < -0.39 is 0 Å². The molecule has 2 nitrogen and oxygen atoms in total. The van der Waals surface area contributed by atoms with Crippen LogP contribution in [-0.2, 0) is 37.4 Å². The van der Waals surface area contributed by atoms with Gasteiger partial charge in [0.25, 0.3) is 0 Å². The monoisotopic (exact) mass is 229 g/mol. The largest absolute Gasteiger partial charge is 0.416 e. The second-order valence-corrected chi connectivity index (χ2v) is 2.71. The Morgan fingerprint density at radius 1 is 1.64 bits per heavy atom. The Hall–Kier alpha value is 1.09. The maximum Gasteiger partial charge on any atom is 0.142 e. The van der Waals surface area contributed by atoms with E-state index >= 15 is 0 Å². The zero-order chi connectivity index (χ0) is 7.56. The van der Waals surface area contributed by atoms with Gasteiger partial charge >= 0.3 is 0 Å². The van der Waals surface area contributed by atoms with Crippen LogP contribution in [0.5, 0.6) is 0 Å². The summed E-state index contributed by atoms with van der Waals surface area (Å²) >= 11 is 0. The van der Waals surface area contributed by atoms with Crippen molar-refractivity contribution < 1.29 is 42.6 Å². The molecule has 0 aromatic rings. The van der Waals surface area contributed by atoms with Crippen LogP contribution in [-0.4, -0.2) is 31.1 Å². The van der Waals surface area contributed by atoms with Gasteiger partial charge in [-0.3, -0.25) is 6.42 Å². The molecule has 1 rings (SSSR count). The third-order valence-electron chi connectivity index (χ3n) is 1.88. The first-order valence-corrected chi connectivity index (χ1v) is 3.68. The first-order chi connectivity index (χ1) is 4.77. The minimum absolute atomic E-state index is 0. The molecule has 11 heavy (non-hydrogen) atoms. The molecule has 0 spiro atoms. The molecule has 0 saturated carbocycles. The SMILES string of the molecule is C[B][C@@H]1O[C@H](CO)[CH-]C1C.[Y]. The molecular formula is C7H13BO2Y-. The molecule has 4 heteroatoms. The molecule has 3 atom stereocenters. The van der Waals surface area contributed by atoms with Gasteiger partial charge < -0.3 is 9.84 Å². The van der Waals surface area contributed by atoms with Gasteiger partial charge in [-0.15, -0.1) is 5.92 Å². The summed E-state index contributed by atoms with van der Waals surface area (Å²) in [6.45, 7) is 4.18. The second kappa shape index (κ2) is 5.69. The van der Waals surface area contributed by atoms with Crippen molar-refractivity contribution in [2.24, 2.45) is 5.92 Å². The summed E-state index contributed by atoms with van der Waals surface area (Å²) in [4.78, 5) is 0. The average molecular weight is 229 g/mol. The van der Waals surface area contributed by atoms with Crippen LogP contribution in [0, 0.1) is 12.3 Å². The van der Waals surface area contributed by atoms with Gasteiger partial charge in [-0.1, -0.05) is 13.7 Å². The Kier molecular flexibility index (Phi) is 6.25. The van der Waals surface area contributed by atoms with Crippen LogP contribution in [0.3, 0.4) is 0 Å². The number of rotatable bonds is 2. The van der Waals surface area contributed by atoms with Crippen molar-refractivity contribution in [2.75, 3.05) is 6.61 Å².